The van der Waals surface area contributed by atoms with Crippen LogP contribution in [-0.4, -0.2) is 28.0 Å². The lowest BCUT2D eigenvalue weighted by Crippen LogP contribution is -2.33. The number of urea groups is 1. The number of imide groups is 1. The predicted molar refractivity (Wildman–Crippen MR) is 83.7 cm³/mol. The summed E-state index contributed by atoms with van der Waals surface area (Å²) in [6, 6.07) is 5.64. The summed E-state index contributed by atoms with van der Waals surface area (Å²) in [7, 11) is 0. The number of nitrogens with zero attached hydrogens (tertiary/aromatic N) is 1. The molecule has 0 radical (unpaired) electrons. The Hall–Kier alpha value is -3.03. The van der Waals surface area contributed by atoms with E-state index in [4.69, 9.17) is 0 Å². The Kier molecular flexibility index (Phi) is 3.64. The van der Waals surface area contributed by atoms with Crippen LogP contribution in [0.25, 0.3) is 0 Å². The van der Waals surface area contributed by atoms with Gasteiger partial charge in [-0.15, -0.1) is 0 Å². The van der Waals surface area contributed by atoms with Crippen molar-refractivity contribution < 1.29 is 27.9 Å². The Bertz CT molecular complexity index is 911. The summed E-state index contributed by atoms with van der Waals surface area (Å²) in [4.78, 5) is 25.9. The number of hydrogen-bond acceptors (Lipinski definition) is 3. The van der Waals surface area contributed by atoms with Crippen molar-refractivity contribution >= 4 is 11.9 Å². The maximum atomic E-state index is 13.4. The quantitative estimate of drug-likeness (QED) is 0.652. The number of hydrogen-bond donors (Lipinski definition) is 2. The molecule has 0 bridgehead atoms. The van der Waals surface area contributed by atoms with Gasteiger partial charge in [0.25, 0.3) is 5.91 Å². The first-order valence-electron chi connectivity index (χ1n) is 7.93. The van der Waals surface area contributed by atoms with Crippen LogP contribution < -0.4 is 5.32 Å². The number of aromatic hydroxyl groups is 1. The van der Waals surface area contributed by atoms with E-state index in [2.05, 4.69) is 5.32 Å². The first-order chi connectivity index (χ1) is 12.4. The highest BCUT2D eigenvalue weighted by Gasteiger charge is 2.53. The van der Waals surface area contributed by atoms with E-state index >= 15 is 0 Å². The molecule has 2 aromatic carbocycles. The smallest absolute Gasteiger partial charge is 0.325 e. The highest BCUT2D eigenvalue weighted by molar-refractivity contribution is 6.05. The molecule has 8 heteroatoms. The molecule has 1 aliphatic carbocycles. The van der Waals surface area contributed by atoms with Crippen LogP contribution in [0.3, 0.4) is 0 Å². The molecule has 0 aromatic heterocycles. The molecule has 3 atom stereocenters. The third-order valence-corrected chi connectivity index (χ3v) is 4.70. The zero-order valence-electron chi connectivity index (χ0n) is 13.2. The fourth-order valence-electron chi connectivity index (χ4n) is 3.35. The Labute approximate surface area is 146 Å². The monoisotopic (exact) mass is 362 g/mol. The van der Waals surface area contributed by atoms with E-state index in [1.807, 2.05) is 0 Å². The van der Waals surface area contributed by atoms with Gasteiger partial charge >= 0.3 is 6.03 Å². The van der Waals surface area contributed by atoms with E-state index in [-0.39, 0.29) is 11.3 Å². The zero-order chi connectivity index (χ0) is 18.6. The molecule has 134 valence electrons. The molecular weight excluding hydrogens is 349 g/mol. The van der Waals surface area contributed by atoms with Crippen molar-refractivity contribution in [3.8, 4) is 5.75 Å². The fourth-order valence-corrected chi connectivity index (χ4v) is 3.35. The van der Waals surface area contributed by atoms with Crippen LogP contribution in [0.15, 0.2) is 36.4 Å². The molecule has 2 fully saturated rings. The van der Waals surface area contributed by atoms with Gasteiger partial charge in [0.1, 0.15) is 11.8 Å². The summed E-state index contributed by atoms with van der Waals surface area (Å²) in [5.74, 6) is -5.15. The lowest BCUT2D eigenvalue weighted by atomic mass is 10.1. The maximum absolute atomic E-state index is 13.4. The average Bonchev–Trinajstić information content (AvgIpc) is 3.31. The van der Waals surface area contributed by atoms with Crippen LogP contribution in [0.4, 0.5) is 18.0 Å². The summed E-state index contributed by atoms with van der Waals surface area (Å²) in [5.41, 5.74) is 0.634. The van der Waals surface area contributed by atoms with Gasteiger partial charge in [-0.1, -0.05) is 12.1 Å². The second kappa shape index (κ2) is 5.76. The van der Waals surface area contributed by atoms with Gasteiger partial charge in [-0.3, -0.25) is 9.69 Å². The number of rotatable bonds is 3. The highest BCUT2D eigenvalue weighted by atomic mass is 19.2. The van der Waals surface area contributed by atoms with Gasteiger partial charge in [0, 0.05) is 12.0 Å². The Balaban J connectivity index is 1.56. The van der Waals surface area contributed by atoms with Gasteiger partial charge in [-0.2, -0.15) is 0 Å². The molecule has 1 saturated heterocycles. The van der Waals surface area contributed by atoms with E-state index < -0.39 is 47.4 Å². The number of phenolic OH excluding ortho intramolecular Hbond substituents is 1. The predicted octanol–water partition coefficient (Wildman–Crippen LogP) is 2.96. The van der Waals surface area contributed by atoms with Crippen LogP contribution >= 0.6 is 0 Å². The lowest BCUT2D eigenvalue weighted by Gasteiger charge is -2.13. The molecule has 1 heterocycles. The van der Waals surface area contributed by atoms with Crippen molar-refractivity contribution in [2.24, 2.45) is 0 Å². The molecule has 26 heavy (non-hydrogen) atoms. The van der Waals surface area contributed by atoms with Gasteiger partial charge in [0.15, 0.2) is 17.5 Å². The van der Waals surface area contributed by atoms with Crippen molar-refractivity contribution in [1.29, 1.82) is 0 Å². The fraction of sp³-hybridized carbons (Fsp3) is 0.222. The van der Waals surface area contributed by atoms with Crippen LogP contribution in [0.5, 0.6) is 5.75 Å². The molecule has 1 unspecified atom stereocenters. The lowest BCUT2D eigenvalue weighted by molar-refractivity contribution is -0.128. The van der Waals surface area contributed by atoms with Crippen molar-refractivity contribution in [3.63, 3.8) is 0 Å². The Morgan fingerprint density at radius 2 is 1.73 bits per heavy atom. The number of amides is 3. The number of phenols is 1. The summed E-state index contributed by atoms with van der Waals surface area (Å²) in [6.07, 6.45) is 0.344. The van der Waals surface area contributed by atoms with Crippen LogP contribution in [0, 0.1) is 17.5 Å². The topological polar surface area (TPSA) is 69.6 Å². The van der Waals surface area contributed by atoms with E-state index in [1.54, 1.807) is 12.1 Å². The van der Waals surface area contributed by atoms with Crippen LogP contribution in [-0.2, 0) is 4.79 Å². The van der Waals surface area contributed by atoms with Gasteiger partial charge in [0.05, 0.1) is 0 Å². The average molecular weight is 362 g/mol. The summed E-state index contributed by atoms with van der Waals surface area (Å²) in [5, 5.41) is 12.1. The minimum atomic E-state index is -1.55. The van der Waals surface area contributed by atoms with Crippen LogP contribution in [0.1, 0.15) is 29.5 Å². The third-order valence-electron chi connectivity index (χ3n) is 4.70. The number of benzene rings is 2. The van der Waals surface area contributed by atoms with Gasteiger partial charge in [-0.25, -0.2) is 18.0 Å². The molecule has 1 aliphatic heterocycles. The van der Waals surface area contributed by atoms with Crippen molar-refractivity contribution in [2.45, 2.75) is 24.4 Å². The summed E-state index contributed by atoms with van der Waals surface area (Å²) in [6.45, 7) is 0. The molecule has 3 amide bonds. The standard InChI is InChI=1S/C18H13F3N2O3/c19-12-5-9(6-13(20)15(12)21)11-7-14(11)23-17(25)16(22-18(23)26)8-2-1-3-10(24)4-8/h1-6,11,14,16,24H,7H2,(H,22,26)/t11-,14+,16?/m0/s1. The Morgan fingerprint density at radius 1 is 1.04 bits per heavy atom. The van der Waals surface area contributed by atoms with Crippen LogP contribution in [0.2, 0.25) is 0 Å². The van der Waals surface area contributed by atoms with Gasteiger partial charge in [0.2, 0.25) is 0 Å². The van der Waals surface area contributed by atoms with E-state index in [0.717, 1.165) is 17.0 Å². The summed E-state index contributed by atoms with van der Waals surface area (Å²) < 4.78 is 39.9. The second-order valence-corrected chi connectivity index (χ2v) is 6.39. The number of carbonyl (C=O) groups is 2. The van der Waals surface area contributed by atoms with Crippen molar-refractivity contribution in [3.05, 3.63) is 65.0 Å². The van der Waals surface area contributed by atoms with Crippen molar-refractivity contribution in [1.82, 2.24) is 10.2 Å². The van der Waals surface area contributed by atoms with E-state index in [0.29, 0.717) is 12.0 Å². The zero-order valence-corrected chi connectivity index (χ0v) is 13.2. The molecule has 2 aromatic rings. The number of carbonyl (C=O) groups excluding carboxylic acids is 2. The molecule has 5 nitrogen and oxygen atoms in total. The Morgan fingerprint density at radius 3 is 2.38 bits per heavy atom. The summed E-state index contributed by atoms with van der Waals surface area (Å²) >= 11 is 0. The molecule has 1 saturated carbocycles. The van der Waals surface area contributed by atoms with Crippen molar-refractivity contribution in [2.75, 3.05) is 0 Å². The molecule has 4 rings (SSSR count). The SMILES string of the molecule is O=C1NC(c2cccc(O)c2)C(=O)N1[C@@H]1C[C@H]1c1cc(F)c(F)c(F)c1. The van der Waals surface area contributed by atoms with Gasteiger partial charge < -0.3 is 10.4 Å². The number of halogens is 3. The molecule has 0 spiro atoms. The van der Waals surface area contributed by atoms with E-state index in [1.165, 1.54) is 12.1 Å². The minimum Gasteiger partial charge on any atom is -0.508 e. The first kappa shape index (κ1) is 16.4. The van der Waals surface area contributed by atoms with E-state index in [9.17, 15) is 27.9 Å². The molecule has 2 aliphatic rings. The highest BCUT2D eigenvalue weighted by Crippen LogP contribution is 2.47. The molecule has 2 N–H and O–H groups in total. The van der Waals surface area contributed by atoms with Gasteiger partial charge in [-0.05, 0) is 41.8 Å². The third kappa shape index (κ3) is 2.58. The number of nitrogens with one attached hydrogen (secondary N) is 1. The minimum absolute atomic E-state index is 0.0374. The molecular formula is C18H13F3N2O3. The maximum Gasteiger partial charge on any atom is 0.325 e. The first-order valence-corrected chi connectivity index (χ1v) is 7.93. The normalized spacial score (nSPS) is 24.7. The largest absolute Gasteiger partial charge is 0.508 e. The second-order valence-electron chi connectivity index (χ2n) is 6.39.